The monoisotopic (exact) mass is 289 g/mol. The average molecular weight is 289 g/mol. The van der Waals surface area contributed by atoms with Crippen LogP contribution in [0.3, 0.4) is 0 Å². The molecule has 1 saturated heterocycles. The van der Waals surface area contributed by atoms with E-state index in [0.29, 0.717) is 0 Å². The van der Waals surface area contributed by atoms with E-state index in [1.54, 1.807) is 12.1 Å². The van der Waals surface area contributed by atoms with Gasteiger partial charge in [0.25, 0.3) is 0 Å². The minimum Gasteiger partial charge on any atom is -0.489 e. The van der Waals surface area contributed by atoms with E-state index >= 15 is 0 Å². The Hall–Kier alpha value is -1.88. The van der Waals surface area contributed by atoms with E-state index in [1.807, 2.05) is 10.9 Å². The lowest BCUT2D eigenvalue weighted by atomic mass is 10.3. The molecule has 1 aliphatic heterocycles. The molecule has 2 heterocycles. The van der Waals surface area contributed by atoms with Gasteiger partial charge in [-0.25, -0.2) is 4.39 Å². The van der Waals surface area contributed by atoms with Gasteiger partial charge < -0.3 is 4.74 Å². The highest BCUT2D eigenvalue weighted by Crippen LogP contribution is 2.20. The molecule has 3 rings (SSSR count). The zero-order chi connectivity index (χ0) is 14.7. The predicted molar refractivity (Wildman–Crippen MR) is 78.6 cm³/mol. The van der Waals surface area contributed by atoms with E-state index < -0.39 is 0 Å². The molecule has 1 aromatic heterocycles. The summed E-state index contributed by atoms with van der Waals surface area (Å²) in [7, 11) is 0. The van der Waals surface area contributed by atoms with Gasteiger partial charge in [0.15, 0.2) is 0 Å². The first-order chi connectivity index (χ1) is 10.2. The molecule has 21 heavy (non-hydrogen) atoms. The van der Waals surface area contributed by atoms with Crippen molar-refractivity contribution in [3.05, 3.63) is 48.0 Å². The van der Waals surface area contributed by atoms with Crippen LogP contribution in [-0.4, -0.2) is 33.9 Å². The summed E-state index contributed by atoms with van der Waals surface area (Å²) in [4.78, 5) is 2.37. The van der Waals surface area contributed by atoms with Crippen molar-refractivity contribution in [2.45, 2.75) is 32.5 Å². The molecule has 112 valence electrons. The van der Waals surface area contributed by atoms with Crippen molar-refractivity contribution in [1.29, 1.82) is 0 Å². The SMILES string of the molecule is CCn1cc(CN2CC[C@@H](Oc3ccc(F)cc3)C2)cn1. The first kappa shape index (κ1) is 14.1. The molecule has 5 heteroatoms. The Balaban J connectivity index is 1.52. The average Bonchev–Trinajstić information content (AvgIpc) is 3.11. The Kier molecular flexibility index (Phi) is 4.20. The summed E-state index contributed by atoms with van der Waals surface area (Å²) in [6.07, 6.45) is 5.20. The highest BCUT2D eigenvalue weighted by molar-refractivity contribution is 5.22. The molecule has 0 N–H and O–H groups in total. The fourth-order valence-corrected chi connectivity index (χ4v) is 2.66. The van der Waals surface area contributed by atoms with Crippen molar-refractivity contribution in [3.63, 3.8) is 0 Å². The summed E-state index contributed by atoms with van der Waals surface area (Å²) in [5, 5.41) is 4.29. The van der Waals surface area contributed by atoms with Gasteiger partial charge >= 0.3 is 0 Å². The second-order valence-corrected chi connectivity index (χ2v) is 5.42. The normalized spacial score (nSPS) is 19.0. The van der Waals surface area contributed by atoms with Crippen LogP contribution < -0.4 is 4.74 Å². The molecule has 1 fully saturated rings. The number of aryl methyl sites for hydroxylation is 1. The molecule has 1 aromatic carbocycles. The highest BCUT2D eigenvalue weighted by atomic mass is 19.1. The molecule has 0 bridgehead atoms. The zero-order valence-corrected chi connectivity index (χ0v) is 12.2. The Morgan fingerprint density at radius 2 is 2.14 bits per heavy atom. The number of halogens is 1. The van der Waals surface area contributed by atoms with E-state index in [2.05, 4.69) is 23.1 Å². The molecule has 0 amide bonds. The standard InChI is InChI=1S/C16H20FN3O/c1-2-20-11-13(9-18-20)10-19-8-7-16(12-19)21-15-5-3-14(17)4-6-15/h3-6,9,11,16H,2,7-8,10,12H2,1H3/t16-/m1/s1. The first-order valence-electron chi connectivity index (χ1n) is 7.39. The van der Waals surface area contributed by atoms with E-state index in [4.69, 9.17) is 4.74 Å². The molecule has 4 nitrogen and oxygen atoms in total. The predicted octanol–water partition coefficient (Wildman–Crippen LogP) is 2.70. The van der Waals surface area contributed by atoms with Crippen molar-refractivity contribution >= 4 is 0 Å². The van der Waals surface area contributed by atoms with Gasteiger partial charge in [0.1, 0.15) is 17.7 Å². The molecule has 0 aliphatic carbocycles. The van der Waals surface area contributed by atoms with Crippen LogP contribution >= 0.6 is 0 Å². The van der Waals surface area contributed by atoms with Crippen molar-refractivity contribution in [2.24, 2.45) is 0 Å². The molecule has 0 radical (unpaired) electrons. The Morgan fingerprint density at radius 1 is 1.33 bits per heavy atom. The summed E-state index contributed by atoms with van der Waals surface area (Å²) >= 11 is 0. The van der Waals surface area contributed by atoms with Crippen LogP contribution in [0.4, 0.5) is 4.39 Å². The van der Waals surface area contributed by atoms with Crippen LogP contribution in [0.1, 0.15) is 18.9 Å². The number of rotatable bonds is 5. The molecule has 0 spiro atoms. The van der Waals surface area contributed by atoms with E-state index in [1.165, 1.54) is 17.7 Å². The van der Waals surface area contributed by atoms with Gasteiger partial charge in [0.05, 0.1) is 6.20 Å². The van der Waals surface area contributed by atoms with Crippen LogP contribution in [0.25, 0.3) is 0 Å². The third-order valence-electron chi connectivity index (χ3n) is 3.76. The van der Waals surface area contributed by atoms with Gasteiger partial charge in [0, 0.05) is 37.9 Å². The number of benzene rings is 1. The van der Waals surface area contributed by atoms with Crippen LogP contribution in [-0.2, 0) is 13.1 Å². The molecule has 2 aromatic rings. The molecular weight excluding hydrogens is 269 g/mol. The number of ether oxygens (including phenoxy) is 1. The van der Waals surface area contributed by atoms with E-state index in [9.17, 15) is 4.39 Å². The van der Waals surface area contributed by atoms with Crippen LogP contribution in [0.5, 0.6) is 5.75 Å². The number of likely N-dealkylation sites (tertiary alicyclic amines) is 1. The summed E-state index contributed by atoms with van der Waals surface area (Å²) < 4.78 is 20.7. The number of hydrogen-bond donors (Lipinski definition) is 0. The summed E-state index contributed by atoms with van der Waals surface area (Å²) in [5.74, 6) is 0.505. The second kappa shape index (κ2) is 6.26. The van der Waals surface area contributed by atoms with Crippen molar-refractivity contribution in [2.75, 3.05) is 13.1 Å². The van der Waals surface area contributed by atoms with Gasteiger partial charge in [-0.1, -0.05) is 0 Å². The maximum absolute atomic E-state index is 12.9. The maximum Gasteiger partial charge on any atom is 0.123 e. The molecular formula is C16H20FN3O. The topological polar surface area (TPSA) is 30.3 Å². The van der Waals surface area contributed by atoms with Crippen LogP contribution in [0.2, 0.25) is 0 Å². The second-order valence-electron chi connectivity index (χ2n) is 5.42. The van der Waals surface area contributed by atoms with Gasteiger partial charge in [-0.2, -0.15) is 5.10 Å². The highest BCUT2D eigenvalue weighted by Gasteiger charge is 2.24. The minimum absolute atomic E-state index is 0.177. The smallest absolute Gasteiger partial charge is 0.123 e. The summed E-state index contributed by atoms with van der Waals surface area (Å²) in [6, 6.07) is 6.23. The zero-order valence-electron chi connectivity index (χ0n) is 12.2. The summed E-state index contributed by atoms with van der Waals surface area (Å²) in [6.45, 7) is 5.80. The minimum atomic E-state index is -0.233. The third-order valence-corrected chi connectivity index (χ3v) is 3.76. The van der Waals surface area contributed by atoms with Crippen molar-refractivity contribution < 1.29 is 9.13 Å². The molecule has 1 aliphatic rings. The van der Waals surface area contributed by atoms with E-state index in [0.717, 1.165) is 38.3 Å². The number of aromatic nitrogens is 2. The van der Waals surface area contributed by atoms with Crippen molar-refractivity contribution in [3.8, 4) is 5.75 Å². The summed E-state index contributed by atoms with van der Waals surface area (Å²) in [5.41, 5.74) is 1.24. The lowest BCUT2D eigenvalue weighted by Gasteiger charge is -2.16. The van der Waals surface area contributed by atoms with Crippen LogP contribution in [0.15, 0.2) is 36.7 Å². The first-order valence-corrected chi connectivity index (χ1v) is 7.39. The number of hydrogen-bond acceptors (Lipinski definition) is 3. The van der Waals surface area contributed by atoms with Gasteiger partial charge in [-0.3, -0.25) is 9.58 Å². The van der Waals surface area contributed by atoms with Gasteiger partial charge in [0.2, 0.25) is 0 Å². The Labute approximate surface area is 124 Å². The fourth-order valence-electron chi connectivity index (χ4n) is 2.66. The van der Waals surface area contributed by atoms with Crippen LogP contribution in [0, 0.1) is 5.82 Å². The van der Waals surface area contributed by atoms with Gasteiger partial charge in [-0.05, 0) is 37.6 Å². The van der Waals surface area contributed by atoms with Gasteiger partial charge in [-0.15, -0.1) is 0 Å². The lowest BCUT2D eigenvalue weighted by Crippen LogP contribution is -2.24. The largest absolute Gasteiger partial charge is 0.489 e. The molecule has 0 saturated carbocycles. The number of nitrogens with zero attached hydrogens (tertiary/aromatic N) is 3. The maximum atomic E-state index is 12.9. The Morgan fingerprint density at radius 3 is 2.86 bits per heavy atom. The lowest BCUT2D eigenvalue weighted by molar-refractivity contribution is 0.198. The molecule has 1 atom stereocenters. The van der Waals surface area contributed by atoms with E-state index in [-0.39, 0.29) is 11.9 Å². The Bertz CT molecular complexity index is 581. The fraction of sp³-hybridized carbons (Fsp3) is 0.438. The van der Waals surface area contributed by atoms with Crippen molar-refractivity contribution in [1.82, 2.24) is 14.7 Å². The quantitative estimate of drug-likeness (QED) is 0.848. The molecule has 0 unspecified atom stereocenters. The third kappa shape index (κ3) is 3.61.